The van der Waals surface area contributed by atoms with Crippen LogP contribution >= 0.6 is 11.6 Å². The van der Waals surface area contributed by atoms with Gasteiger partial charge in [-0.2, -0.15) is 0 Å². The number of benzene rings is 2. The Balaban J connectivity index is 1.51. The van der Waals surface area contributed by atoms with E-state index in [4.69, 9.17) is 16.3 Å². The number of nitrogens with zero attached hydrogens (tertiary/aromatic N) is 1. The zero-order valence-corrected chi connectivity index (χ0v) is 13.7. The van der Waals surface area contributed by atoms with Gasteiger partial charge < -0.3 is 14.5 Å². The molecular formula is C17H14ClF3N2O2. The number of fused-ring (bicyclic) bond motifs is 1. The Kier molecular flexibility index (Phi) is 5.15. The van der Waals surface area contributed by atoms with Crippen LogP contribution in [0.15, 0.2) is 42.5 Å². The minimum Gasteiger partial charge on any atom is -0.404 e. The van der Waals surface area contributed by atoms with Crippen molar-refractivity contribution in [2.45, 2.75) is 19.4 Å². The van der Waals surface area contributed by atoms with E-state index in [2.05, 4.69) is 14.7 Å². The Morgan fingerprint density at radius 1 is 1.12 bits per heavy atom. The molecule has 0 aliphatic rings. The number of halogens is 4. The number of nitrogens with one attached hydrogen (secondary N) is 1. The summed E-state index contributed by atoms with van der Waals surface area (Å²) < 4.78 is 46.0. The van der Waals surface area contributed by atoms with Gasteiger partial charge in [-0.25, -0.2) is 4.98 Å². The molecule has 3 aromatic rings. The summed E-state index contributed by atoms with van der Waals surface area (Å²) in [5, 5.41) is -0.0906. The van der Waals surface area contributed by atoms with Crippen LogP contribution in [-0.2, 0) is 17.8 Å². The Bertz CT molecular complexity index is 831. The summed E-state index contributed by atoms with van der Waals surface area (Å²) in [6.45, 7) is 0.699. The van der Waals surface area contributed by atoms with E-state index in [0.717, 1.165) is 16.6 Å². The Morgan fingerprint density at radius 2 is 1.92 bits per heavy atom. The maximum Gasteiger partial charge on any atom is 0.573 e. The zero-order chi connectivity index (χ0) is 17.9. The molecule has 0 aliphatic heterocycles. The topological polar surface area (TPSA) is 47.1 Å². The van der Waals surface area contributed by atoms with Gasteiger partial charge >= 0.3 is 6.36 Å². The summed E-state index contributed by atoms with van der Waals surface area (Å²) in [5.41, 5.74) is 2.56. The first-order valence-electron chi connectivity index (χ1n) is 7.46. The van der Waals surface area contributed by atoms with Crippen LogP contribution < -0.4 is 4.74 Å². The highest BCUT2D eigenvalue weighted by Crippen LogP contribution is 2.30. The fraction of sp³-hybridized carbons (Fsp3) is 0.235. The van der Waals surface area contributed by atoms with Crippen molar-refractivity contribution in [2.75, 3.05) is 6.61 Å². The SMILES string of the molecule is FC(F)(F)Oc1ccc(CCOCc2nc3ccccc3[nH]2)cc1Cl. The smallest absolute Gasteiger partial charge is 0.404 e. The van der Waals surface area contributed by atoms with E-state index in [9.17, 15) is 13.2 Å². The van der Waals surface area contributed by atoms with E-state index in [1.807, 2.05) is 24.3 Å². The number of alkyl halides is 3. The number of hydrogen-bond donors (Lipinski definition) is 1. The minimum atomic E-state index is -4.76. The van der Waals surface area contributed by atoms with Crippen molar-refractivity contribution in [3.63, 3.8) is 0 Å². The van der Waals surface area contributed by atoms with Gasteiger partial charge in [-0.15, -0.1) is 13.2 Å². The van der Waals surface area contributed by atoms with Crippen LogP contribution in [0, 0.1) is 0 Å². The molecule has 0 radical (unpaired) electrons. The molecule has 0 saturated carbocycles. The maximum atomic E-state index is 12.2. The summed E-state index contributed by atoms with van der Waals surface area (Å²) in [7, 11) is 0. The summed E-state index contributed by atoms with van der Waals surface area (Å²) >= 11 is 5.81. The molecule has 0 bridgehead atoms. The predicted molar refractivity (Wildman–Crippen MR) is 87.6 cm³/mol. The van der Waals surface area contributed by atoms with Gasteiger partial charge in [-0.05, 0) is 36.2 Å². The first-order valence-corrected chi connectivity index (χ1v) is 7.84. The molecule has 1 heterocycles. The van der Waals surface area contributed by atoms with E-state index >= 15 is 0 Å². The number of H-pyrrole nitrogens is 1. The lowest BCUT2D eigenvalue weighted by molar-refractivity contribution is -0.274. The number of ether oxygens (including phenoxy) is 2. The molecule has 0 saturated heterocycles. The van der Waals surface area contributed by atoms with Crippen molar-refractivity contribution in [1.29, 1.82) is 0 Å². The monoisotopic (exact) mass is 370 g/mol. The van der Waals surface area contributed by atoms with Crippen molar-refractivity contribution in [1.82, 2.24) is 9.97 Å². The van der Waals surface area contributed by atoms with Crippen LogP contribution in [0.3, 0.4) is 0 Å². The molecule has 0 aliphatic carbocycles. The van der Waals surface area contributed by atoms with Gasteiger partial charge in [-0.1, -0.05) is 29.8 Å². The summed E-state index contributed by atoms with van der Waals surface area (Å²) in [6, 6.07) is 11.8. The molecule has 0 spiro atoms. The number of aromatic amines is 1. The lowest BCUT2D eigenvalue weighted by atomic mass is 10.1. The molecular weight excluding hydrogens is 357 g/mol. The normalized spacial score (nSPS) is 11.8. The van der Waals surface area contributed by atoms with E-state index in [1.165, 1.54) is 18.2 Å². The summed E-state index contributed by atoms with van der Waals surface area (Å²) in [6.07, 6.45) is -4.26. The second-order valence-electron chi connectivity index (χ2n) is 5.32. The van der Waals surface area contributed by atoms with Crippen molar-refractivity contribution >= 4 is 22.6 Å². The van der Waals surface area contributed by atoms with Gasteiger partial charge in [-0.3, -0.25) is 0 Å². The van der Waals surface area contributed by atoms with E-state index in [1.54, 1.807) is 0 Å². The average Bonchev–Trinajstić information content (AvgIpc) is 2.95. The Morgan fingerprint density at radius 3 is 2.64 bits per heavy atom. The number of para-hydroxylation sites is 2. The quantitative estimate of drug-likeness (QED) is 0.629. The predicted octanol–water partition coefficient (Wildman–Crippen LogP) is 4.87. The van der Waals surface area contributed by atoms with E-state index < -0.39 is 12.1 Å². The minimum absolute atomic E-state index is 0.0906. The molecule has 8 heteroatoms. The van der Waals surface area contributed by atoms with Crippen molar-refractivity contribution in [3.8, 4) is 5.75 Å². The molecule has 25 heavy (non-hydrogen) atoms. The van der Waals surface area contributed by atoms with Crippen LogP contribution in [0.25, 0.3) is 11.0 Å². The first kappa shape index (κ1) is 17.6. The lowest BCUT2D eigenvalue weighted by Crippen LogP contribution is -2.17. The third-order valence-electron chi connectivity index (χ3n) is 3.43. The highest BCUT2D eigenvalue weighted by molar-refractivity contribution is 6.32. The molecule has 4 nitrogen and oxygen atoms in total. The summed E-state index contributed by atoms with van der Waals surface area (Å²) in [4.78, 5) is 7.54. The van der Waals surface area contributed by atoms with Gasteiger partial charge in [0.25, 0.3) is 0 Å². The second kappa shape index (κ2) is 7.33. The van der Waals surface area contributed by atoms with Crippen molar-refractivity contribution < 1.29 is 22.6 Å². The lowest BCUT2D eigenvalue weighted by Gasteiger charge is -2.11. The van der Waals surface area contributed by atoms with Crippen LogP contribution in [0.5, 0.6) is 5.75 Å². The van der Waals surface area contributed by atoms with Gasteiger partial charge in [0.1, 0.15) is 18.2 Å². The highest BCUT2D eigenvalue weighted by Gasteiger charge is 2.31. The third-order valence-corrected chi connectivity index (χ3v) is 3.73. The first-order chi connectivity index (χ1) is 11.9. The van der Waals surface area contributed by atoms with E-state index in [0.29, 0.717) is 25.5 Å². The summed E-state index contributed by atoms with van der Waals surface area (Å²) in [5.74, 6) is 0.300. The van der Waals surface area contributed by atoms with Crippen molar-refractivity contribution in [3.05, 3.63) is 58.9 Å². The number of hydrogen-bond acceptors (Lipinski definition) is 3. The Labute approximate surface area is 146 Å². The van der Waals surface area contributed by atoms with Gasteiger partial charge in [0.2, 0.25) is 0 Å². The van der Waals surface area contributed by atoms with Crippen molar-refractivity contribution in [2.24, 2.45) is 0 Å². The molecule has 0 atom stereocenters. The molecule has 0 unspecified atom stereocenters. The fourth-order valence-electron chi connectivity index (χ4n) is 2.34. The standard InChI is InChI=1S/C17H14ClF3N2O2/c18-12-9-11(5-6-15(12)25-17(19,20)21)7-8-24-10-16-22-13-3-1-2-4-14(13)23-16/h1-6,9H,7-8,10H2,(H,22,23). The number of aromatic nitrogens is 2. The van der Waals surface area contributed by atoms with Gasteiger partial charge in [0.15, 0.2) is 0 Å². The second-order valence-corrected chi connectivity index (χ2v) is 5.72. The fourth-order valence-corrected chi connectivity index (χ4v) is 2.58. The van der Waals surface area contributed by atoms with E-state index in [-0.39, 0.29) is 5.02 Å². The van der Waals surface area contributed by atoms with Gasteiger partial charge in [0.05, 0.1) is 22.7 Å². The molecule has 3 rings (SSSR count). The van der Waals surface area contributed by atoms with Crippen LogP contribution in [0.1, 0.15) is 11.4 Å². The highest BCUT2D eigenvalue weighted by atomic mass is 35.5. The largest absolute Gasteiger partial charge is 0.573 e. The Hall–Kier alpha value is -2.25. The van der Waals surface area contributed by atoms with Gasteiger partial charge in [0, 0.05) is 0 Å². The molecule has 132 valence electrons. The molecule has 0 amide bonds. The molecule has 2 aromatic carbocycles. The van der Waals surface area contributed by atoms with Crippen LogP contribution in [0.2, 0.25) is 5.02 Å². The molecule has 1 N–H and O–H groups in total. The molecule has 1 aromatic heterocycles. The average molecular weight is 371 g/mol. The zero-order valence-electron chi connectivity index (χ0n) is 12.9. The van der Waals surface area contributed by atoms with Crippen LogP contribution in [0.4, 0.5) is 13.2 Å². The van der Waals surface area contributed by atoms with Crippen LogP contribution in [-0.4, -0.2) is 22.9 Å². The maximum absolute atomic E-state index is 12.2. The third kappa shape index (κ3) is 4.87. The molecule has 0 fully saturated rings. The number of imidazole rings is 1. The number of rotatable bonds is 6.